The summed E-state index contributed by atoms with van der Waals surface area (Å²) in [4.78, 5) is 4.07. The maximum Gasteiger partial charge on any atom is 0.314 e. The third kappa shape index (κ3) is 4.63. The predicted octanol–water partition coefficient (Wildman–Crippen LogP) is 3.98. The Morgan fingerprint density at radius 1 is 1.06 bits per heavy atom. The molecule has 170 valence electrons. The van der Waals surface area contributed by atoms with E-state index in [9.17, 15) is 13.2 Å². The molecule has 1 saturated heterocycles. The van der Waals surface area contributed by atoms with E-state index in [-0.39, 0.29) is 23.7 Å². The number of benzene rings is 1. The Kier molecular flexibility index (Phi) is 5.86. The Balaban J connectivity index is 1.28. The molecule has 1 N–H and O–H groups in total. The molecule has 0 saturated carbocycles. The minimum atomic E-state index is -2.90. The topological polar surface area (TPSA) is 94.5 Å². The molecule has 1 aromatic carbocycles. The van der Waals surface area contributed by atoms with Crippen molar-refractivity contribution in [2.45, 2.75) is 31.7 Å². The Morgan fingerprint density at radius 2 is 1.85 bits per heavy atom. The Labute approximate surface area is 186 Å². The van der Waals surface area contributed by atoms with Crippen LogP contribution >= 0.6 is 0 Å². The van der Waals surface area contributed by atoms with Gasteiger partial charge in [-0.15, -0.1) is 15.3 Å². The summed E-state index contributed by atoms with van der Waals surface area (Å²) in [6.07, 6.45) is 2.38. The second-order valence-corrected chi connectivity index (χ2v) is 7.85. The van der Waals surface area contributed by atoms with Crippen LogP contribution in [0, 0.1) is 5.82 Å². The molecule has 0 unspecified atom stereocenters. The Morgan fingerprint density at radius 3 is 2.55 bits per heavy atom. The summed E-state index contributed by atoms with van der Waals surface area (Å²) in [7, 11) is 0. The molecule has 1 fully saturated rings. The fraction of sp³-hybridized carbons (Fsp3) is 0.318. The van der Waals surface area contributed by atoms with Crippen molar-refractivity contribution in [3.05, 3.63) is 65.7 Å². The van der Waals surface area contributed by atoms with Crippen LogP contribution in [0.3, 0.4) is 0 Å². The van der Waals surface area contributed by atoms with Crippen LogP contribution in [-0.4, -0.2) is 43.3 Å². The molecule has 11 heteroatoms. The van der Waals surface area contributed by atoms with Crippen molar-refractivity contribution in [2.24, 2.45) is 0 Å². The third-order valence-corrected chi connectivity index (χ3v) is 5.66. The highest BCUT2D eigenvalue weighted by molar-refractivity contribution is 5.58. The van der Waals surface area contributed by atoms with Gasteiger partial charge in [0.1, 0.15) is 11.5 Å². The fourth-order valence-electron chi connectivity index (χ4n) is 3.88. The van der Waals surface area contributed by atoms with E-state index >= 15 is 0 Å². The van der Waals surface area contributed by atoms with Crippen LogP contribution in [0.15, 0.2) is 47.1 Å². The lowest BCUT2D eigenvalue weighted by atomic mass is 9.90. The summed E-state index contributed by atoms with van der Waals surface area (Å²) in [6.45, 7) is 2.13. The van der Waals surface area contributed by atoms with Crippen molar-refractivity contribution >= 4 is 0 Å². The van der Waals surface area contributed by atoms with E-state index in [1.807, 2.05) is 12.1 Å². The van der Waals surface area contributed by atoms with Crippen molar-refractivity contribution in [1.82, 2.24) is 35.5 Å². The van der Waals surface area contributed by atoms with Gasteiger partial charge in [-0.05, 0) is 43.5 Å². The van der Waals surface area contributed by atoms with Gasteiger partial charge < -0.3 is 9.73 Å². The maximum absolute atomic E-state index is 14.6. The minimum absolute atomic E-state index is 0.0540. The van der Waals surface area contributed by atoms with Crippen LogP contribution in [-0.2, 0) is 6.54 Å². The molecule has 0 bridgehead atoms. The Hall–Kier alpha value is -3.60. The summed E-state index contributed by atoms with van der Waals surface area (Å²) < 4.78 is 46.1. The van der Waals surface area contributed by atoms with Crippen LogP contribution in [0.5, 0.6) is 0 Å². The number of hydrogen-bond acceptors (Lipinski definition) is 7. The number of piperidine rings is 1. The van der Waals surface area contributed by atoms with Crippen LogP contribution in [0.25, 0.3) is 22.7 Å². The molecule has 1 aliphatic heterocycles. The van der Waals surface area contributed by atoms with Gasteiger partial charge in [0.25, 0.3) is 5.89 Å². The average molecular weight is 455 g/mol. The number of pyridine rings is 1. The van der Waals surface area contributed by atoms with E-state index in [2.05, 4.69) is 42.9 Å². The smallest absolute Gasteiger partial charge is 0.314 e. The van der Waals surface area contributed by atoms with Gasteiger partial charge >= 0.3 is 6.43 Å². The lowest BCUT2D eigenvalue weighted by Gasteiger charge is -2.23. The van der Waals surface area contributed by atoms with E-state index < -0.39 is 18.1 Å². The molecule has 4 heterocycles. The van der Waals surface area contributed by atoms with Crippen molar-refractivity contribution in [1.29, 1.82) is 0 Å². The zero-order chi connectivity index (χ0) is 22.8. The van der Waals surface area contributed by atoms with Crippen LogP contribution in [0.4, 0.5) is 13.2 Å². The standard InChI is InChI=1S/C22H20F3N7O/c23-17-9-16(21-29-30-22(33-21)20(24)25)10-27-19(17)12-32-11-18(28-31-32)15-3-1-13(2-4-15)14-5-7-26-8-6-14/h1-4,9-11,14,20,26H,5-8,12H2. The molecule has 33 heavy (non-hydrogen) atoms. The van der Waals surface area contributed by atoms with E-state index in [0.29, 0.717) is 11.6 Å². The van der Waals surface area contributed by atoms with Crippen LogP contribution < -0.4 is 5.32 Å². The first-order valence-corrected chi connectivity index (χ1v) is 10.5. The normalized spacial score (nSPS) is 14.8. The average Bonchev–Trinajstić information content (AvgIpc) is 3.52. The van der Waals surface area contributed by atoms with Gasteiger partial charge in [-0.3, -0.25) is 4.98 Å². The van der Waals surface area contributed by atoms with E-state index in [1.54, 1.807) is 6.20 Å². The van der Waals surface area contributed by atoms with Gasteiger partial charge in [-0.25, -0.2) is 9.07 Å². The Bertz CT molecular complexity index is 1230. The van der Waals surface area contributed by atoms with Gasteiger partial charge in [0.2, 0.25) is 5.89 Å². The summed E-state index contributed by atoms with van der Waals surface area (Å²) in [5.41, 5.74) is 3.15. The molecule has 4 aromatic rings. The summed E-state index contributed by atoms with van der Waals surface area (Å²) in [5, 5.41) is 18.4. The number of nitrogens with one attached hydrogen (secondary N) is 1. The first-order chi connectivity index (χ1) is 16.1. The third-order valence-electron chi connectivity index (χ3n) is 5.66. The quantitative estimate of drug-likeness (QED) is 0.470. The monoisotopic (exact) mass is 455 g/mol. The zero-order valence-corrected chi connectivity index (χ0v) is 17.5. The number of rotatable bonds is 6. The van der Waals surface area contributed by atoms with Crippen molar-refractivity contribution in [3.8, 4) is 22.7 Å². The molecular formula is C22H20F3N7O. The van der Waals surface area contributed by atoms with Gasteiger partial charge in [0.05, 0.1) is 24.0 Å². The first kappa shape index (κ1) is 21.3. The van der Waals surface area contributed by atoms with Crippen LogP contribution in [0.2, 0.25) is 0 Å². The highest BCUT2D eigenvalue weighted by Gasteiger charge is 2.19. The maximum atomic E-state index is 14.6. The predicted molar refractivity (Wildman–Crippen MR) is 112 cm³/mol. The lowest BCUT2D eigenvalue weighted by molar-refractivity contribution is 0.116. The summed E-state index contributed by atoms with van der Waals surface area (Å²) >= 11 is 0. The van der Waals surface area contributed by atoms with Gasteiger partial charge in [-0.1, -0.05) is 29.5 Å². The molecule has 0 aliphatic carbocycles. The molecule has 0 atom stereocenters. The molecule has 0 spiro atoms. The highest BCUT2D eigenvalue weighted by atomic mass is 19.3. The minimum Gasteiger partial charge on any atom is -0.415 e. The number of hydrogen-bond donors (Lipinski definition) is 1. The van der Waals surface area contributed by atoms with Gasteiger partial charge in [0.15, 0.2) is 0 Å². The molecule has 0 radical (unpaired) electrons. The highest BCUT2D eigenvalue weighted by Crippen LogP contribution is 2.27. The first-order valence-electron chi connectivity index (χ1n) is 10.5. The molecular weight excluding hydrogens is 435 g/mol. The summed E-state index contributed by atoms with van der Waals surface area (Å²) in [6, 6.07) is 9.42. The second-order valence-electron chi connectivity index (χ2n) is 7.85. The second kappa shape index (κ2) is 9.10. The van der Waals surface area contributed by atoms with E-state index in [1.165, 1.54) is 16.4 Å². The van der Waals surface area contributed by atoms with E-state index in [0.717, 1.165) is 37.6 Å². The number of alkyl halides is 2. The fourth-order valence-corrected chi connectivity index (χ4v) is 3.88. The molecule has 0 amide bonds. The number of halogens is 3. The summed E-state index contributed by atoms with van der Waals surface area (Å²) in [5.74, 6) is -1.12. The lowest BCUT2D eigenvalue weighted by Crippen LogP contribution is -2.26. The van der Waals surface area contributed by atoms with Crippen molar-refractivity contribution < 1.29 is 17.6 Å². The molecule has 1 aliphatic rings. The van der Waals surface area contributed by atoms with Crippen LogP contribution in [0.1, 0.15) is 42.3 Å². The molecule has 8 nitrogen and oxygen atoms in total. The number of nitrogens with zero attached hydrogens (tertiary/aromatic N) is 6. The van der Waals surface area contributed by atoms with Crippen molar-refractivity contribution in [3.63, 3.8) is 0 Å². The largest absolute Gasteiger partial charge is 0.415 e. The molecule has 3 aromatic heterocycles. The van der Waals surface area contributed by atoms with Gasteiger partial charge in [-0.2, -0.15) is 8.78 Å². The van der Waals surface area contributed by atoms with Crippen molar-refractivity contribution in [2.75, 3.05) is 13.1 Å². The van der Waals surface area contributed by atoms with Gasteiger partial charge in [0, 0.05) is 11.8 Å². The SMILES string of the molecule is Fc1cc(-c2nnc(C(F)F)o2)cnc1Cn1cc(-c2ccc(C3CCNCC3)cc2)nn1. The number of aromatic nitrogens is 6. The molecule has 5 rings (SSSR count). The van der Waals surface area contributed by atoms with E-state index in [4.69, 9.17) is 4.42 Å². The zero-order valence-electron chi connectivity index (χ0n) is 17.5.